The summed E-state index contributed by atoms with van der Waals surface area (Å²) in [5.74, 6) is 1.59. The van der Waals surface area contributed by atoms with E-state index >= 15 is 0 Å². The Morgan fingerprint density at radius 2 is 2.00 bits per heavy atom. The first-order valence-electron chi connectivity index (χ1n) is 7.10. The van der Waals surface area contributed by atoms with Crippen LogP contribution in [-0.4, -0.2) is 19.0 Å². The van der Waals surface area contributed by atoms with Crippen molar-refractivity contribution in [1.29, 1.82) is 0 Å². The molecule has 2 N–H and O–H groups in total. The van der Waals surface area contributed by atoms with Crippen LogP contribution in [0.1, 0.15) is 42.6 Å². The quantitative estimate of drug-likeness (QED) is 0.873. The van der Waals surface area contributed by atoms with Crippen molar-refractivity contribution >= 4 is 11.6 Å². The second-order valence-electron chi connectivity index (χ2n) is 5.93. The number of rotatable bonds is 4. The van der Waals surface area contributed by atoms with Gasteiger partial charge in [0.1, 0.15) is 0 Å². The highest BCUT2D eigenvalue weighted by Crippen LogP contribution is 2.36. The van der Waals surface area contributed by atoms with Crippen LogP contribution in [0.4, 0.5) is 5.69 Å². The van der Waals surface area contributed by atoms with Gasteiger partial charge in [0, 0.05) is 24.3 Å². The minimum Gasteiger partial charge on any atom is -0.382 e. The Labute approximate surface area is 115 Å². The fourth-order valence-corrected chi connectivity index (χ4v) is 2.61. The molecule has 0 radical (unpaired) electrons. The number of anilines is 1. The summed E-state index contributed by atoms with van der Waals surface area (Å²) in [5.41, 5.74) is 3.00. The Bertz CT molecular complexity index is 462. The van der Waals surface area contributed by atoms with Gasteiger partial charge in [0.25, 0.3) is 5.91 Å². The van der Waals surface area contributed by atoms with Crippen LogP contribution < -0.4 is 10.6 Å². The molecule has 1 fully saturated rings. The van der Waals surface area contributed by atoms with Crippen LogP contribution in [0.15, 0.2) is 18.2 Å². The molecule has 1 aliphatic carbocycles. The van der Waals surface area contributed by atoms with Gasteiger partial charge in [-0.25, -0.2) is 0 Å². The summed E-state index contributed by atoms with van der Waals surface area (Å²) in [7, 11) is 1.66. The van der Waals surface area contributed by atoms with Gasteiger partial charge in [-0.05, 0) is 49.3 Å². The highest BCUT2D eigenvalue weighted by Gasteiger charge is 2.31. The smallest absolute Gasteiger partial charge is 0.251 e. The summed E-state index contributed by atoms with van der Waals surface area (Å²) in [6.45, 7) is 6.66. The number of benzene rings is 1. The molecule has 0 saturated heterocycles. The maximum Gasteiger partial charge on any atom is 0.251 e. The van der Waals surface area contributed by atoms with Crippen LogP contribution in [0.2, 0.25) is 0 Å². The third-order valence-corrected chi connectivity index (χ3v) is 4.20. The van der Waals surface area contributed by atoms with E-state index in [1.807, 2.05) is 18.2 Å². The van der Waals surface area contributed by atoms with Crippen LogP contribution >= 0.6 is 0 Å². The molecule has 0 bridgehead atoms. The highest BCUT2D eigenvalue weighted by atomic mass is 16.1. The number of carbonyl (C=O) groups excluding carboxylic acids is 1. The topological polar surface area (TPSA) is 41.1 Å². The van der Waals surface area contributed by atoms with E-state index in [0.29, 0.717) is 6.04 Å². The third kappa shape index (κ3) is 3.09. The van der Waals surface area contributed by atoms with Gasteiger partial charge in [0.2, 0.25) is 0 Å². The molecule has 0 spiro atoms. The minimum atomic E-state index is -0.0308. The van der Waals surface area contributed by atoms with Gasteiger partial charge in [-0.1, -0.05) is 19.9 Å². The molecule has 0 unspecified atom stereocenters. The lowest BCUT2D eigenvalue weighted by Gasteiger charge is -2.39. The highest BCUT2D eigenvalue weighted by molar-refractivity contribution is 5.95. The Morgan fingerprint density at radius 1 is 1.32 bits per heavy atom. The van der Waals surface area contributed by atoms with Gasteiger partial charge in [-0.15, -0.1) is 0 Å². The predicted octanol–water partition coefficient (Wildman–Crippen LogP) is 3.20. The molecule has 3 nitrogen and oxygen atoms in total. The summed E-state index contributed by atoms with van der Waals surface area (Å²) >= 11 is 0. The SMILES string of the molecule is CNC(=O)c1ccc(C)c(NC2CC(C(C)C)C2)c1. The molecule has 1 amide bonds. The van der Waals surface area contributed by atoms with Crippen molar-refractivity contribution in [2.45, 2.75) is 39.7 Å². The lowest BCUT2D eigenvalue weighted by atomic mass is 9.73. The molecule has 1 aromatic rings. The molecule has 0 aromatic heterocycles. The largest absolute Gasteiger partial charge is 0.382 e. The lowest BCUT2D eigenvalue weighted by Crippen LogP contribution is -2.38. The van der Waals surface area contributed by atoms with E-state index in [2.05, 4.69) is 31.4 Å². The first kappa shape index (κ1) is 13.9. The zero-order valence-electron chi connectivity index (χ0n) is 12.3. The fraction of sp³-hybridized carbons (Fsp3) is 0.562. The van der Waals surface area contributed by atoms with Crippen molar-refractivity contribution in [1.82, 2.24) is 5.32 Å². The van der Waals surface area contributed by atoms with Gasteiger partial charge >= 0.3 is 0 Å². The average Bonchev–Trinajstić information content (AvgIpc) is 2.33. The zero-order valence-corrected chi connectivity index (χ0v) is 12.3. The molecule has 1 aliphatic rings. The van der Waals surface area contributed by atoms with E-state index < -0.39 is 0 Å². The number of amides is 1. The molecule has 104 valence electrons. The average molecular weight is 260 g/mol. The van der Waals surface area contributed by atoms with E-state index in [9.17, 15) is 4.79 Å². The molecule has 2 rings (SSSR count). The maximum absolute atomic E-state index is 11.6. The Kier molecular flexibility index (Phi) is 4.13. The van der Waals surface area contributed by atoms with Crippen LogP contribution in [0.25, 0.3) is 0 Å². The number of aryl methyl sites for hydroxylation is 1. The van der Waals surface area contributed by atoms with Crippen LogP contribution in [0.3, 0.4) is 0 Å². The van der Waals surface area contributed by atoms with Gasteiger partial charge in [0.05, 0.1) is 0 Å². The Morgan fingerprint density at radius 3 is 2.58 bits per heavy atom. The standard InChI is InChI=1S/C16H24N2O/c1-10(2)13-7-14(8-13)18-15-9-12(16(19)17-4)6-5-11(15)3/h5-6,9-10,13-14,18H,7-8H2,1-4H3,(H,17,19). The van der Waals surface area contributed by atoms with Crippen molar-refractivity contribution in [3.8, 4) is 0 Å². The van der Waals surface area contributed by atoms with E-state index in [1.54, 1.807) is 7.05 Å². The lowest BCUT2D eigenvalue weighted by molar-refractivity contribution is 0.0963. The summed E-state index contributed by atoms with van der Waals surface area (Å²) in [4.78, 5) is 11.6. The second kappa shape index (κ2) is 5.64. The van der Waals surface area contributed by atoms with E-state index in [-0.39, 0.29) is 5.91 Å². The Hall–Kier alpha value is -1.51. The fourth-order valence-electron chi connectivity index (χ4n) is 2.61. The van der Waals surface area contributed by atoms with Crippen molar-refractivity contribution in [2.75, 3.05) is 12.4 Å². The van der Waals surface area contributed by atoms with Gasteiger partial charge in [0.15, 0.2) is 0 Å². The van der Waals surface area contributed by atoms with Crippen molar-refractivity contribution in [3.05, 3.63) is 29.3 Å². The molecule has 0 atom stereocenters. The summed E-state index contributed by atoms with van der Waals surface area (Å²) in [5, 5.41) is 6.24. The second-order valence-corrected chi connectivity index (χ2v) is 5.93. The first-order chi connectivity index (χ1) is 9.01. The number of nitrogens with one attached hydrogen (secondary N) is 2. The number of hydrogen-bond acceptors (Lipinski definition) is 2. The van der Waals surface area contributed by atoms with Gasteiger partial charge in [-0.3, -0.25) is 4.79 Å². The molecule has 0 heterocycles. The van der Waals surface area contributed by atoms with Crippen molar-refractivity contribution < 1.29 is 4.79 Å². The Balaban J connectivity index is 2.02. The van der Waals surface area contributed by atoms with E-state index in [0.717, 1.165) is 23.1 Å². The number of hydrogen-bond donors (Lipinski definition) is 2. The van der Waals surface area contributed by atoms with E-state index in [1.165, 1.54) is 18.4 Å². The first-order valence-corrected chi connectivity index (χ1v) is 7.10. The van der Waals surface area contributed by atoms with Crippen LogP contribution in [0, 0.1) is 18.8 Å². The van der Waals surface area contributed by atoms with Crippen molar-refractivity contribution in [3.63, 3.8) is 0 Å². The van der Waals surface area contributed by atoms with Gasteiger partial charge in [-0.2, -0.15) is 0 Å². The summed E-state index contributed by atoms with van der Waals surface area (Å²) in [6.07, 6.45) is 2.47. The molecular formula is C16H24N2O. The predicted molar refractivity (Wildman–Crippen MR) is 79.5 cm³/mol. The molecular weight excluding hydrogens is 236 g/mol. The summed E-state index contributed by atoms with van der Waals surface area (Å²) < 4.78 is 0. The zero-order chi connectivity index (χ0) is 14.0. The van der Waals surface area contributed by atoms with Crippen LogP contribution in [0.5, 0.6) is 0 Å². The van der Waals surface area contributed by atoms with Crippen molar-refractivity contribution in [2.24, 2.45) is 11.8 Å². The van der Waals surface area contributed by atoms with Gasteiger partial charge < -0.3 is 10.6 Å². The maximum atomic E-state index is 11.6. The minimum absolute atomic E-state index is 0.0308. The monoisotopic (exact) mass is 260 g/mol. The molecule has 1 aromatic carbocycles. The normalized spacial score (nSPS) is 21.9. The molecule has 19 heavy (non-hydrogen) atoms. The number of carbonyl (C=O) groups is 1. The molecule has 3 heteroatoms. The molecule has 1 saturated carbocycles. The summed E-state index contributed by atoms with van der Waals surface area (Å²) in [6, 6.07) is 6.39. The third-order valence-electron chi connectivity index (χ3n) is 4.20. The van der Waals surface area contributed by atoms with E-state index in [4.69, 9.17) is 0 Å². The van der Waals surface area contributed by atoms with Crippen LogP contribution in [-0.2, 0) is 0 Å². The molecule has 0 aliphatic heterocycles.